The molecule has 0 saturated heterocycles. The first-order valence-electron chi connectivity index (χ1n) is 7.60. The van der Waals surface area contributed by atoms with Crippen LogP contribution in [0.2, 0.25) is 0 Å². The first kappa shape index (κ1) is 15.5. The molecule has 23 heavy (non-hydrogen) atoms. The molecule has 0 bridgehead atoms. The molecule has 0 fully saturated rings. The van der Waals surface area contributed by atoms with E-state index in [0.29, 0.717) is 5.11 Å². The Labute approximate surface area is 141 Å². The largest absolute Gasteiger partial charge is 0.356 e. The van der Waals surface area contributed by atoms with Crippen LogP contribution in [0.25, 0.3) is 10.8 Å². The van der Waals surface area contributed by atoms with Crippen molar-refractivity contribution in [1.82, 2.24) is 15.1 Å². The number of anilines is 1. The topological polar surface area (TPSA) is 41.9 Å². The normalized spacial score (nSPS) is 12.1. The minimum absolute atomic E-state index is 0.0960. The van der Waals surface area contributed by atoms with E-state index in [2.05, 4.69) is 47.8 Å². The molecule has 2 N–H and O–H groups in total. The number of aryl methyl sites for hydroxylation is 1. The molecule has 0 aliphatic carbocycles. The summed E-state index contributed by atoms with van der Waals surface area (Å²) in [7, 11) is 1.94. The second kappa shape index (κ2) is 6.38. The molecule has 0 saturated carbocycles. The number of nitrogens with one attached hydrogen (secondary N) is 2. The fraction of sp³-hybridized carbons (Fsp3) is 0.222. The van der Waals surface area contributed by atoms with Crippen LogP contribution in [0.4, 0.5) is 5.69 Å². The van der Waals surface area contributed by atoms with E-state index < -0.39 is 0 Å². The minimum atomic E-state index is 0.0960. The van der Waals surface area contributed by atoms with Crippen molar-refractivity contribution in [2.75, 3.05) is 5.32 Å². The van der Waals surface area contributed by atoms with Gasteiger partial charge in [0.1, 0.15) is 0 Å². The Bertz CT molecular complexity index is 848. The number of rotatable bonds is 3. The highest BCUT2D eigenvalue weighted by atomic mass is 32.1. The first-order valence-corrected chi connectivity index (χ1v) is 8.01. The summed E-state index contributed by atoms with van der Waals surface area (Å²) in [6.07, 6.45) is 1.88. The lowest BCUT2D eigenvalue weighted by Crippen LogP contribution is -2.31. The molecule has 4 nitrogen and oxygen atoms in total. The van der Waals surface area contributed by atoms with Crippen LogP contribution in [0.1, 0.15) is 24.2 Å². The van der Waals surface area contributed by atoms with Gasteiger partial charge in [0.05, 0.1) is 12.2 Å². The fourth-order valence-corrected chi connectivity index (χ4v) is 2.99. The van der Waals surface area contributed by atoms with Crippen LogP contribution in [0, 0.1) is 6.92 Å². The fourth-order valence-electron chi connectivity index (χ4n) is 2.71. The van der Waals surface area contributed by atoms with Gasteiger partial charge in [-0.15, -0.1) is 0 Å². The second-order valence-electron chi connectivity index (χ2n) is 5.66. The average molecular weight is 324 g/mol. The van der Waals surface area contributed by atoms with Crippen LogP contribution >= 0.6 is 12.2 Å². The summed E-state index contributed by atoms with van der Waals surface area (Å²) in [5, 5.41) is 13.9. The molecule has 3 aromatic rings. The SMILES string of the molecule is Cc1c(C(C)NC(=S)Nc2cccc3ccccc23)cnn1C. The van der Waals surface area contributed by atoms with Gasteiger partial charge in [0.25, 0.3) is 0 Å². The molecule has 1 aromatic heterocycles. The Hall–Kier alpha value is -2.40. The summed E-state index contributed by atoms with van der Waals surface area (Å²) in [5.41, 5.74) is 3.29. The monoisotopic (exact) mass is 324 g/mol. The summed E-state index contributed by atoms with van der Waals surface area (Å²) >= 11 is 5.48. The van der Waals surface area contributed by atoms with E-state index in [1.54, 1.807) is 0 Å². The smallest absolute Gasteiger partial charge is 0.171 e. The van der Waals surface area contributed by atoms with Crippen molar-refractivity contribution in [3.8, 4) is 0 Å². The second-order valence-corrected chi connectivity index (χ2v) is 6.06. The standard InChI is InChI=1S/C18H20N4S/c1-12(16-11-19-22(3)13(16)2)20-18(23)21-17-10-6-8-14-7-4-5-9-15(14)17/h4-12H,1-3H3,(H2,20,21,23). The van der Waals surface area contributed by atoms with Crippen LogP contribution < -0.4 is 10.6 Å². The van der Waals surface area contributed by atoms with E-state index in [1.807, 2.05) is 42.2 Å². The third-order valence-corrected chi connectivity index (χ3v) is 4.35. The Balaban J connectivity index is 1.75. The molecule has 1 atom stereocenters. The summed E-state index contributed by atoms with van der Waals surface area (Å²) in [4.78, 5) is 0. The predicted molar refractivity (Wildman–Crippen MR) is 99.7 cm³/mol. The van der Waals surface area contributed by atoms with Gasteiger partial charge >= 0.3 is 0 Å². The maximum Gasteiger partial charge on any atom is 0.171 e. The number of hydrogen-bond acceptors (Lipinski definition) is 2. The van der Waals surface area contributed by atoms with E-state index in [4.69, 9.17) is 12.2 Å². The Morgan fingerprint density at radius 2 is 1.91 bits per heavy atom. The van der Waals surface area contributed by atoms with Crippen molar-refractivity contribution in [2.24, 2.45) is 7.05 Å². The molecular weight excluding hydrogens is 304 g/mol. The van der Waals surface area contributed by atoms with Crippen LogP contribution in [0.3, 0.4) is 0 Å². The third kappa shape index (κ3) is 3.19. The molecule has 3 rings (SSSR count). The summed E-state index contributed by atoms with van der Waals surface area (Å²) in [5.74, 6) is 0. The molecule has 118 valence electrons. The van der Waals surface area contributed by atoms with Gasteiger partial charge in [0.15, 0.2) is 5.11 Å². The number of fused-ring (bicyclic) bond motifs is 1. The molecule has 1 unspecified atom stereocenters. The summed E-state index contributed by atoms with van der Waals surface area (Å²) in [6, 6.07) is 14.5. The van der Waals surface area contributed by atoms with Crippen LogP contribution in [0.15, 0.2) is 48.7 Å². The Kier molecular flexibility index (Phi) is 4.30. The third-order valence-electron chi connectivity index (χ3n) is 4.13. The lowest BCUT2D eigenvalue weighted by atomic mass is 10.1. The minimum Gasteiger partial charge on any atom is -0.356 e. The van der Waals surface area contributed by atoms with Crippen molar-refractivity contribution in [3.63, 3.8) is 0 Å². The van der Waals surface area contributed by atoms with Gasteiger partial charge in [-0.05, 0) is 37.5 Å². The summed E-state index contributed by atoms with van der Waals surface area (Å²) in [6.45, 7) is 4.14. The number of nitrogens with zero attached hydrogens (tertiary/aromatic N) is 2. The molecule has 0 radical (unpaired) electrons. The van der Waals surface area contributed by atoms with E-state index >= 15 is 0 Å². The first-order chi connectivity index (χ1) is 11.1. The van der Waals surface area contributed by atoms with Crippen molar-refractivity contribution < 1.29 is 0 Å². The molecule has 0 aliphatic rings. The lowest BCUT2D eigenvalue weighted by molar-refractivity contribution is 0.701. The zero-order chi connectivity index (χ0) is 16.4. The van der Waals surface area contributed by atoms with Crippen molar-refractivity contribution in [2.45, 2.75) is 19.9 Å². The van der Waals surface area contributed by atoms with Gasteiger partial charge in [0.2, 0.25) is 0 Å². The predicted octanol–water partition coefficient (Wildman–Crippen LogP) is 3.93. The highest BCUT2D eigenvalue weighted by Crippen LogP contribution is 2.23. The highest BCUT2D eigenvalue weighted by molar-refractivity contribution is 7.80. The molecule has 2 aromatic carbocycles. The number of thiocarbonyl (C=S) groups is 1. The van der Waals surface area contributed by atoms with Gasteiger partial charge in [-0.25, -0.2) is 0 Å². The highest BCUT2D eigenvalue weighted by Gasteiger charge is 2.13. The molecular formula is C18H20N4S. The number of aromatic nitrogens is 2. The van der Waals surface area contributed by atoms with Crippen LogP contribution in [0.5, 0.6) is 0 Å². The van der Waals surface area contributed by atoms with E-state index in [9.17, 15) is 0 Å². The van der Waals surface area contributed by atoms with Gasteiger partial charge in [-0.3, -0.25) is 4.68 Å². The molecule has 0 aliphatic heterocycles. The van der Waals surface area contributed by atoms with Gasteiger partial charge < -0.3 is 10.6 Å². The maximum absolute atomic E-state index is 5.48. The van der Waals surface area contributed by atoms with E-state index in [1.165, 1.54) is 5.39 Å². The molecule has 0 amide bonds. The quantitative estimate of drug-likeness (QED) is 0.716. The molecule has 5 heteroatoms. The number of benzene rings is 2. The van der Waals surface area contributed by atoms with Gasteiger partial charge in [0, 0.05) is 29.4 Å². The zero-order valence-electron chi connectivity index (χ0n) is 13.5. The zero-order valence-corrected chi connectivity index (χ0v) is 14.3. The molecule has 0 spiro atoms. The van der Waals surface area contributed by atoms with Gasteiger partial charge in [-0.2, -0.15) is 5.10 Å². The van der Waals surface area contributed by atoms with Crippen molar-refractivity contribution in [1.29, 1.82) is 0 Å². The van der Waals surface area contributed by atoms with Crippen LogP contribution in [-0.2, 0) is 7.05 Å². The van der Waals surface area contributed by atoms with E-state index in [0.717, 1.165) is 22.3 Å². The van der Waals surface area contributed by atoms with Crippen molar-refractivity contribution in [3.05, 3.63) is 59.9 Å². The summed E-state index contributed by atoms with van der Waals surface area (Å²) < 4.78 is 1.87. The van der Waals surface area contributed by atoms with Crippen molar-refractivity contribution >= 4 is 33.8 Å². The average Bonchev–Trinajstić information content (AvgIpc) is 2.87. The lowest BCUT2D eigenvalue weighted by Gasteiger charge is -2.18. The van der Waals surface area contributed by atoms with Crippen LogP contribution in [-0.4, -0.2) is 14.9 Å². The Morgan fingerprint density at radius 1 is 1.17 bits per heavy atom. The maximum atomic E-state index is 5.48. The Morgan fingerprint density at radius 3 is 2.65 bits per heavy atom. The van der Waals surface area contributed by atoms with Gasteiger partial charge in [-0.1, -0.05) is 36.4 Å². The molecule has 1 heterocycles. The number of hydrogen-bond donors (Lipinski definition) is 2. The van der Waals surface area contributed by atoms with E-state index in [-0.39, 0.29) is 6.04 Å².